The number of nitrogens with one attached hydrogen (secondary N) is 1. The second-order valence-electron chi connectivity index (χ2n) is 4.88. The molecule has 1 aromatic rings. The molecular weight excluding hydrogens is 378 g/mol. The molecule has 2 atom stereocenters. The van der Waals surface area contributed by atoms with E-state index in [0.717, 1.165) is 16.4 Å². The van der Waals surface area contributed by atoms with Crippen LogP contribution in [0.3, 0.4) is 0 Å². The van der Waals surface area contributed by atoms with E-state index in [1.807, 2.05) is 0 Å². The lowest BCUT2D eigenvalue weighted by Gasteiger charge is -2.43. The van der Waals surface area contributed by atoms with Crippen molar-refractivity contribution in [2.24, 2.45) is 5.16 Å². The highest BCUT2D eigenvalue weighted by atomic mass is 32.2. The van der Waals surface area contributed by atoms with Gasteiger partial charge in [-0.1, -0.05) is 5.16 Å². The van der Waals surface area contributed by atoms with Gasteiger partial charge in [0.25, 0.3) is 21.9 Å². The Labute approximate surface area is 146 Å². The van der Waals surface area contributed by atoms with Gasteiger partial charge in [-0.3, -0.25) is 19.0 Å². The maximum atomic E-state index is 12.3. The summed E-state index contributed by atoms with van der Waals surface area (Å²) in [7, 11) is -3.15. The van der Waals surface area contributed by atoms with E-state index in [0.29, 0.717) is 0 Å². The number of amides is 2. The van der Waals surface area contributed by atoms with Crippen LogP contribution in [0, 0.1) is 0 Å². The number of hydroxylamine groups is 2. The number of rotatable bonds is 7. The van der Waals surface area contributed by atoms with Crippen molar-refractivity contribution in [1.29, 1.82) is 0 Å². The SMILES string of the molecule is CO/N=C(\C(=O)N[C@@H]1C(=O)N(OCS(=O)(=O)O)[C@@H]1C)c1csc(N)n1. The molecule has 0 unspecified atom stereocenters. The molecule has 2 amide bonds. The summed E-state index contributed by atoms with van der Waals surface area (Å²) in [6, 6.07) is -1.63. The Morgan fingerprint density at radius 2 is 2.28 bits per heavy atom. The third kappa shape index (κ3) is 4.41. The van der Waals surface area contributed by atoms with Gasteiger partial charge in [0.05, 0.1) is 6.04 Å². The van der Waals surface area contributed by atoms with Crippen LogP contribution in [0.1, 0.15) is 12.6 Å². The smallest absolute Gasteiger partial charge is 0.292 e. The minimum absolute atomic E-state index is 0.173. The van der Waals surface area contributed by atoms with Gasteiger partial charge in [-0.15, -0.1) is 11.3 Å². The van der Waals surface area contributed by atoms with Gasteiger partial charge in [0, 0.05) is 5.38 Å². The molecule has 0 spiro atoms. The van der Waals surface area contributed by atoms with Crippen LogP contribution in [0.15, 0.2) is 10.5 Å². The lowest BCUT2D eigenvalue weighted by Crippen LogP contribution is -2.70. The first-order valence-electron chi connectivity index (χ1n) is 6.68. The van der Waals surface area contributed by atoms with Crippen LogP contribution in [0.2, 0.25) is 0 Å². The molecule has 1 aliphatic heterocycles. The largest absolute Gasteiger partial charge is 0.398 e. The van der Waals surface area contributed by atoms with Crippen LogP contribution in [-0.2, 0) is 29.4 Å². The number of oxime groups is 1. The molecular formula is C11H15N5O7S2. The Hall–Kier alpha value is -2.29. The molecule has 2 rings (SSSR count). The summed E-state index contributed by atoms with van der Waals surface area (Å²) in [6.45, 7) is 1.52. The van der Waals surface area contributed by atoms with Crippen molar-refractivity contribution in [2.75, 3.05) is 18.8 Å². The highest BCUT2D eigenvalue weighted by Crippen LogP contribution is 2.21. The van der Waals surface area contributed by atoms with Gasteiger partial charge in [0.15, 0.2) is 10.8 Å². The third-order valence-corrected chi connectivity index (χ3v) is 4.20. The number of hydrogen-bond acceptors (Lipinski definition) is 10. The summed E-state index contributed by atoms with van der Waals surface area (Å²) in [4.78, 5) is 37.5. The molecule has 4 N–H and O–H groups in total. The van der Waals surface area contributed by atoms with Crippen LogP contribution >= 0.6 is 11.3 Å². The molecule has 1 aromatic heterocycles. The van der Waals surface area contributed by atoms with E-state index in [-0.39, 0.29) is 16.5 Å². The molecule has 2 heterocycles. The lowest BCUT2D eigenvalue weighted by atomic mass is 10.00. The number of nitrogens with two attached hydrogens (primary N) is 1. The number of aromatic nitrogens is 1. The average Bonchev–Trinajstić information content (AvgIpc) is 2.95. The first kappa shape index (κ1) is 19.0. The molecule has 138 valence electrons. The van der Waals surface area contributed by atoms with Gasteiger partial charge < -0.3 is 15.9 Å². The van der Waals surface area contributed by atoms with E-state index in [2.05, 4.69) is 25.1 Å². The highest BCUT2D eigenvalue weighted by molar-refractivity contribution is 7.85. The van der Waals surface area contributed by atoms with Crippen molar-refractivity contribution in [2.45, 2.75) is 19.0 Å². The Morgan fingerprint density at radius 1 is 1.60 bits per heavy atom. The predicted molar refractivity (Wildman–Crippen MR) is 85.8 cm³/mol. The van der Waals surface area contributed by atoms with Crippen LogP contribution in [0.5, 0.6) is 0 Å². The zero-order chi connectivity index (χ0) is 18.8. The lowest BCUT2D eigenvalue weighted by molar-refractivity contribution is -0.224. The molecule has 1 fully saturated rings. The molecule has 14 heteroatoms. The molecule has 0 saturated carbocycles. The fraction of sp³-hybridized carbons (Fsp3) is 0.455. The van der Waals surface area contributed by atoms with Gasteiger partial charge in [-0.2, -0.15) is 8.42 Å². The summed E-state index contributed by atoms with van der Waals surface area (Å²) in [5, 5.41) is 8.48. The zero-order valence-electron chi connectivity index (χ0n) is 13.1. The quantitative estimate of drug-likeness (QED) is 0.217. The number of thiazole rings is 1. The molecule has 0 aliphatic carbocycles. The number of carbonyl (C=O) groups is 2. The molecule has 1 saturated heterocycles. The van der Waals surface area contributed by atoms with Gasteiger partial charge in [0.1, 0.15) is 18.8 Å². The predicted octanol–water partition coefficient (Wildman–Crippen LogP) is -1.43. The Balaban J connectivity index is 2.03. The van der Waals surface area contributed by atoms with Gasteiger partial charge in [0.2, 0.25) is 5.94 Å². The Kier molecular flexibility index (Phi) is 5.56. The summed E-state index contributed by atoms with van der Waals surface area (Å²) in [6.07, 6.45) is 0. The van der Waals surface area contributed by atoms with Crippen LogP contribution in [0.25, 0.3) is 0 Å². The fourth-order valence-electron chi connectivity index (χ4n) is 1.99. The summed E-state index contributed by atoms with van der Waals surface area (Å²) >= 11 is 1.10. The molecule has 0 radical (unpaired) electrons. The standard InChI is InChI=1S/C11H15N5O7S2/c1-5-7(10(18)16(5)23-4-25(19,20)21)14-9(17)8(15-22-2)6-3-24-11(12)13-6/h3,5,7H,4H2,1-2H3,(H2,12,13)(H,14,17)(H,19,20,21)/b15-8-/t5-,7+/m1/s1. The topological polar surface area (TPSA) is 174 Å². The number of β-lactam (4-membered cyclic amide) rings is 1. The van der Waals surface area contributed by atoms with Crippen molar-refractivity contribution < 1.29 is 32.2 Å². The van der Waals surface area contributed by atoms with E-state index in [4.69, 9.17) is 10.3 Å². The summed E-state index contributed by atoms with van der Waals surface area (Å²) < 4.78 is 29.9. The van der Waals surface area contributed by atoms with E-state index < -0.39 is 40.0 Å². The summed E-state index contributed by atoms with van der Waals surface area (Å²) in [5.74, 6) is -2.48. The summed E-state index contributed by atoms with van der Waals surface area (Å²) in [5.41, 5.74) is 5.52. The van der Waals surface area contributed by atoms with Gasteiger partial charge in [-0.05, 0) is 6.92 Å². The van der Waals surface area contributed by atoms with E-state index in [1.54, 1.807) is 0 Å². The van der Waals surface area contributed by atoms with E-state index in [9.17, 15) is 18.0 Å². The Bertz CT molecular complexity index is 805. The van der Waals surface area contributed by atoms with Crippen molar-refractivity contribution in [3.63, 3.8) is 0 Å². The minimum atomic E-state index is -4.40. The molecule has 25 heavy (non-hydrogen) atoms. The molecule has 1 aliphatic rings. The number of anilines is 1. The van der Waals surface area contributed by atoms with Crippen molar-refractivity contribution in [3.8, 4) is 0 Å². The normalized spacial score (nSPS) is 21.0. The monoisotopic (exact) mass is 393 g/mol. The van der Waals surface area contributed by atoms with Crippen LogP contribution in [-0.4, -0.2) is 65.7 Å². The molecule has 12 nitrogen and oxygen atoms in total. The van der Waals surface area contributed by atoms with E-state index in [1.165, 1.54) is 19.4 Å². The number of nitrogen functional groups attached to an aromatic ring is 1. The van der Waals surface area contributed by atoms with Gasteiger partial charge >= 0.3 is 0 Å². The number of carbonyl (C=O) groups excluding carboxylic acids is 2. The second kappa shape index (κ2) is 7.30. The third-order valence-electron chi connectivity index (χ3n) is 3.13. The van der Waals surface area contributed by atoms with Crippen LogP contribution < -0.4 is 11.1 Å². The van der Waals surface area contributed by atoms with Gasteiger partial charge in [-0.25, -0.2) is 10.0 Å². The number of nitrogens with zero attached hydrogens (tertiary/aromatic N) is 3. The molecule has 0 aromatic carbocycles. The van der Waals surface area contributed by atoms with Crippen molar-refractivity contribution >= 4 is 44.1 Å². The maximum absolute atomic E-state index is 12.3. The molecule has 0 bridgehead atoms. The van der Waals surface area contributed by atoms with Crippen molar-refractivity contribution in [1.82, 2.24) is 15.4 Å². The number of hydrogen-bond donors (Lipinski definition) is 3. The van der Waals surface area contributed by atoms with Crippen molar-refractivity contribution in [3.05, 3.63) is 11.1 Å². The first-order valence-corrected chi connectivity index (χ1v) is 9.17. The van der Waals surface area contributed by atoms with E-state index >= 15 is 0 Å². The maximum Gasteiger partial charge on any atom is 0.292 e. The highest BCUT2D eigenvalue weighted by Gasteiger charge is 2.47. The average molecular weight is 393 g/mol. The first-order chi connectivity index (χ1) is 11.6. The minimum Gasteiger partial charge on any atom is -0.398 e. The zero-order valence-corrected chi connectivity index (χ0v) is 14.7. The Morgan fingerprint density at radius 3 is 2.76 bits per heavy atom. The van der Waals surface area contributed by atoms with Crippen LogP contribution in [0.4, 0.5) is 5.13 Å². The fourth-order valence-corrected chi connectivity index (χ4v) is 2.78. The second-order valence-corrected chi connectivity index (χ2v) is 7.17.